The summed E-state index contributed by atoms with van der Waals surface area (Å²) >= 11 is 0. The van der Waals surface area contributed by atoms with E-state index in [4.69, 9.17) is 5.11 Å². The van der Waals surface area contributed by atoms with Gasteiger partial charge in [0.25, 0.3) is 0 Å². The molecule has 0 amide bonds. The van der Waals surface area contributed by atoms with Gasteiger partial charge in [0.1, 0.15) is 0 Å². The molecule has 1 aliphatic carbocycles. The fraction of sp³-hybridized carbons (Fsp3) is 0.571. The molecule has 0 saturated heterocycles. The van der Waals surface area contributed by atoms with Crippen LogP contribution in [0.1, 0.15) is 38.2 Å². The Morgan fingerprint density at radius 3 is 2.26 bits per heavy atom. The molecule has 0 unspecified atom stereocenters. The highest BCUT2D eigenvalue weighted by atomic mass is 32.2. The van der Waals surface area contributed by atoms with Gasteiger partial charge in [-0.1, -0.05) is 31.9 Å². The van der Waals surface area contributed by atoms with E-state index in [9.17, 15) is 8.42 Å². The van der Waals surface area contributed by atoms with Gasteiger partial charge in [0, 0.05) is 12.6 Å². The van der Waals surface area contributed by atoms with E-state index >= 15 is 0 Å². The van der Waals surface area contributed by atoms with Gasteiger partial charge in [-0.05, 0) is 30.5 Å². The van der Waals surface area contributed by atoms with Crippen molar-refractivity contribution in [2.24, 2.45) is 0 Å². The Balaban J connectivity index is 2.27. The number of sulfonamides is 1. The Kier molecular flexibility index (Phi) is 4.60. The minimum absolute atomic E-state index is 0.0690. The van der Waals surface area contributed by atoms with Gasteiger partial charge < -0.3 is 5.11 Å². The zero-order valence-electron chi connectivity index (χ0n) is 11.2. The first-order valence-corrected chi connectivity index (χ1v) is 8.25. The molecule has 106 valence electrons. The molecule has 1 aliphatic rings. The van der Waals surface area contributed by atoms with Crippen LogP contribution in [0.3, 0.4) is 0 Å². The van der Waals surface area contributed by atoms with Crippen molar-refractivity contribution in [1.82, 2.24) is 4.31 Å². The number of benzene rings is 1. The minimum atomic E-state index is -3.41. The monoisotopic (exact) mass is 283 g/mol. The van der Waals surface area contributed by atoms with E-state index in [2.05, 4.69) is 0 Å². The average molecular weight is 283 g/mol. The number of nitrogens with zero attached hydrogens (tertiary/aromatic N) is 1. The molecule has 19 heavy (non-hydrogen) atoms. The lowest BCUT2D eigenvalue weighted by Gasteiger charge is -2.26. The normalized spacial score (nSPS) is 17.2. The quantitative estimate of drug-likeness (QED) is 0.900. The van der Waals surface area contributed by atoms with Crippen molar-refractivity contribution in [3.8, 4) is 0 Å². The second kappa shape index (κ2) is 6.03. The van der Waals surface area contributed by atoms with Crippen molar-refractivity contribution < 1.29 is 13.5 Å². The van der Waals surface area contributed by atoms with Gasteiger partial charge in [-0.2, -0.15) is 4.31 Å². The second-order valence-electron chi connectivity index (χ2n) is 4.95. The number of hydrogen-bond donors (Lipinski definition) is 1. The first kappa shape index (κ1) is 14.5. The van der Waals surface area contributed by atoms with Gasteiger partial charge in [-0.15, -0.1) is 0 Å². The van der Waals surface area contributed by atoms with Crippen molar-refractivity contribution in [2.45, 2.75) is 50.2 Å². The van der Waals surface area contributed by atoms with Crippen LogP contribution in [0.4, 0.5) is 0 Å². The summed E-state index contributed by atoms with van der Waals surface area (Å²) in [5, 5.41) is 9.00. The molecular weight excluding hydrogens is 262 g/mol. The fourth-order valence-corrected chi connectivity index (χ4v) is 4.41. The van der Waals surface area contributed by atoms with Gasteiger partial charge in [-0.3, -0.25) is 0 Å². The van der Waals surface area contributed by atoms with Crippen LogP contribution in [0.5, 0.6) is 0 Å². The summed E-state index contributed by atoms with van der Waals surface area (Å²) in [6.07, 6.45) is 4.14. The van der Waals surface area contributed by atoms with Crippen LogP contribution in [0.2, 0.25) is 0 Å². The van der Waals surface area contributed by atoms with Crippen molar-refractivity contribution in [3.05, 3.63) is 29.8 Å². The molecule has 5 heteroatoms. The summed E-state index contributed by atoms with van der Waals surface area (Å²) in [5.41, 5.74) is 0.725. The first-order valence-electron chi connectivity index (χ1n) is 6.81. The Morgan fingerprint density at radius 2 is 1.79 bits per heavy atom. The van der Waals surface area contributed by atoms with E-state index in [-0.39, 0.29) is 12.6 Å². The lowest BCUT2D eigenvalue weighted by molar-refractivity contribution is 0.281. The van der Waals surface area contributed by atoms with Crippen LogP contribution < -0.4 is 0 Å². The molecule has 1 fully saturated rings. The molecule has 0 aliphatic heterocycles. The van der Waals surface area contributed by atoms with E-state index in [1.54, 1.807) is 28.6 Å². The molecule has 1 saturated carbocycles. The van der Waals surface area contributed by atoms with E-state index in [0.29, 0.717) is 11.4 Å². The van der Waals surface area contributed by atoms with Gasteiger partial charge in [0.2, 0.25) is 10.0 Å². The van der Waals surface area contributed by atoms with Crippen LogP contribution >= 0.6 is 0 Å². The molecule has 4 nitrogen and oxygen atoms in total. The molecule has 1 aromatic carbocycles. The smallest absolute Gasteiger partial charge is 0.243 e. The molecule has 0 spiro atoms. The first-order chi connectivity index (χ1) is 9.09. The Bertz CT molecular complexity index is 504. The topological polar surface area (TPSA) is 57.6 Å². The minimum Gasteiger partial charge on any atom is -0.392 e. The number of hydrogen-bond acceptors (Lipinski definition) is 3. The van der Waals surface area contributed by atoms with Crippen molar-refractivity contribution in [3.63, 3.8) is 0 Å². The highest BCUT2D eigenvalue weighted by Gasteiger charge is 2.31. The number of aliphatic hydroxyl groups excluding tert-OH is 1. The van der Waals surface area contributed by atoms with Crippen LogP contribution in [-0.4, -0.2) is 30.4 Å². The molecule has 1 N–H and O–H groups in total. The molecule has 2 rings (SSSR count). The second-order valence-corrected chi connectivity index (χ2v) is 6.84. The Hall–Kier alpha value is -0.910. The molecule has 0 heterocycles. The molecule has 0 aromatic heterocycles. The van der Waals surface area contributed by atoms with E-state index in [1.165, 1.54) is 0 Å². The van der Waals surface area contributed by atoms with Crippen LogP contribution in [-0.2, 0) is 16.6 Å². The van der Waals surface area contributed by atoms with Gasteiger partial charge in [0.05, 0.1) is 11.5 Å². The SMILES string of the molecule is CCN(C1CCCC1)S(=O)(=O)c1ccc(CO)cc1. The summed E-state index contributed by atoms with van der Waals surface area (Å²) in [7, 11) is -3.41. The maximum atomic E-state index is 12.6. The summed E-state index contributed by atoms with van der Waals surface area (Å²) < 4.78 is 26.8. The third-order valence-corrected chi connectivity index (χ3v) is 5.80. The van der Waals surface area contributed by atoms with Gasteiger partial charge >= 0.3 is 0 Å². The lowest BCUT2D eigenvalue weighted by atomic mass is 10.2. The molecular formula is C14H21NO3S. The summed E-state index contributed by atoms with van der Waals surface area (Å²) in [4.78, 5) is 0.318. The zero-order chi connectivity index (χ0) is 13.9. The van der Waals surface area contributed by atoms with E-state index < -0.39 is 10.0 Å². The molecule has 0 radical (unpaired) electrons. The highest BCUT2D eigenvalue weighted by molar-refractivity contribution is 7.89. The van der Waals surface area contributed by atoms with Crippen LogP contribution in [0.15, 0.2) is 29.2 Å². The Morgan fingerprint density at radius 1 is 1.21 bits per heavy atom. The predicted molar refractivity (Wildman–Crippen MR) is 74.2 cm³/mol. The summed E-state index contributed by atoms with van der Waals surface area (Å²) in [5.74, 6) is 0. The maximum absolute atomic E-state index is 12.6. The summed E-state index contributed by atoms with van der Waals surface area (Å²) in [6, 6.07) is 6.63. The largest absolute Gasteiger partial charge is 0.392 e. The van der Waals surface area contributed by atoms with Crippen molar-refractivity contribution in [2.75, 3.05) is 6.54 Å². The number of aliphatic hydroxyl groups is 1. The molecule has 0 bridgehead atoms. The third kappa shape index (κ3) is 2.99. The average Bonchev–Trinajstić information content (AvgIpc) is 2.93. The fourth-order valence-electron chi connectivity index (χ4n) is 2.72. The predicted octanol–water partition coefficient (Wildman–Crippen LogP) is 2.13. The van der Waals surface area contributed by atoms with Crippen LogP contribution in [0, 0.1) is 0 Å². The van der Waals surface area contributed by atoms with Gasteiger partial charge in [0.15, 0.2) is 0 Å². The van der Waals surface area contributed by atoms with Crippen LogP contribution in [0.25, 0.3) is 0 Å². The summed E-state index contributed by atoms with van der Waals surface area (Å²) in [6.45, 7) is 2.33. The highest BCUT2D eigenvalue weighted by Crippen LogP contribution is 2.28. The van der Waals surface area contributed by atoms with E-state index in [0.717, 1.165) is 31.2 Å². The molecule has 1 aromatic rings. The molecule has 0 atom stereocenters. The lowest BCUT2D eigenvalue weighted by Crippen LogP contribution is -2.38. The standard InChI is InChI=1S/C14H21NO3S/c1-2-15(13-5-3-4-6-13)19(17,18)14-9-7-12(11-16)8-10-14/h7-10,13,16H,2-6,11H2,1H3. The van der Waals surface area contributed by atoms with Crippen molar-refractivity contribution in [1.29, 1.82) is 0 Å². The zero-order valence-corrected chi connectivity index (χ0v) is 12.1. The van der Waals surface area contributed by atoms with Gasteiger partial charge in [-0.25, -0.2) is 8.42 Å². The Labute approximate surface area is 115 Å². The maximum Gasteiger partial charge on any atom is 0.243 e. The number of rotatable bonds is 5. The van der Waals surface area contributed by atoms with E-state index in [1.807, 2.05) is 6.92 Å². The third-order valence-electron chi connectivity index (χ3n) is 3.76. The van der Waals surface area contributed by atoms with Crippen molar-refractivity contribution >= 4 is 10.0 Å².